The van der Waals surface area contributed by atoms with Gasteiger partial charge in [-0.25, -0.2) is 4.79 Å². The van der Waals surface area contributed by atoms with Crippen molar-refractivity contribution in [3.05, 3.63) is 36.2 Å². The molecule has 0 saturated carbocycles. The van der Waals surface area contributed by atoms with Gasteiger partial charge in [0.05, 0.1) is 11.3 Å². The number of aromatic nitrogens is 4. The highest BCUT2D eigenvalue weighted by Gasteiger charge is 2.22. The Kier molecular flexibility index (Phi) is 5.18. The minimum Gasteiger partial charge on any atom is -0.480 e. The van der Waals surface area contributed by atoms with Crippen molar-refractivity contribution in [2.75, 3.05) is 0 Å². The number of carbonyl (C=O) groups excluding carboxylic acids is 1. The predicted octanol–water partition coefficient (Wildman–Crippen LogP) is 1.04. The van der Waals surface area contributed by atoms with E-state index in [2.05, 4.69) is 20.8 Å². The molecule has 0 aliphatic heterocycles. The molecule has 8 heteroatoms. The third-order valence-corrected chi connectivity index (χ3v) is 3.19. The summed E-state index contributed by atoms with van der Waals surface area (Å²) in [6, 6.07) is 5.83. The molecular weight excluding hydrogens is 286 g/mol. The van der Waals surface area contributed by atoms with Crippen LogP contribution in [0.2, 0.25) is 0 Å². The molecule has 0 spiro atoms. The van der Waals surface area contributed by atoms with E-state index in [0.29, 0.717) is 17.7 Å². The number of nitrogens with one attached hydrogen (secondary N) is 1. The smallest absolute Gasteiger partial charge is 0.326 e. The number of carboxylic acid groups (broad SMARTS) is 1. The van der Waals surface area contributed by atoms with Crippen molar-refractivity contribution in [2.45, 2.75) is 32.2 Å². The van der Waals surface area contributed by atoms with Crippen LogP contribution in [-0.4, -0.2) is 43.2 Å². The van der Waals surface area contributed by atoms with Crippen LogP contribution >= 0.6 is 0 Å². The maximum absolute atomic E-state index is 12.4. The normalized spacial score (nSPS) is 11.9. The predicted molar refractivity (Wildman–Crippen MR) is 77.6 cm³/mol. The molecule has 8 nitrogen and oxygen atoms in total. The van der Waals surface area contributed by atoms with Gasteiger partial charge in [0, 0.05) is 0 Å². The molecule has 0 radical (unpaired) electrons. The van der Waals surface area contributed by atoms with Crippen molar-refractivity contribution in [3.8, 4) is 5.69 Å². The standard InChI is InChI=1S/C14H17N5O3/c1-2-3-7-11(14(21)22)16-13(20)10-6-4-5-8-12(10)19-9-15-17-18-19/h4-6,8-9,11H,2-3,7H2,1H3,(H,16,20)(H,21,22)/t11-/m0/s1. The highest BCUT2D eigenvalue weighted by atomic mass is 16.4. The first kappa shape index (κ1) is 15.6. The van der Waals surface area contributed by atoms with Gasteiger partial charge in [0.25, 0.3) is 5.91 Å². The Bertz CT molecular complexity index is 642. The van der Waals surface area contributed by atoms with Gasteiger partial charge in [-0.3, -0.25) is 4.79 Å². The summed E-state index contributed by atoms with van der Waals surface area (Å²) < 4.78 is 1.36. The number of rotatable bonds is 7. The van der Waals surface area contributed by atoms with Crippen molar-refractivity contribution in [1.29, 1.82) is 0 Å². The second kappa shape index (κ2) is 7.30. The summed E-state index contributed by atoms with van der Waals surface area (Å²) >= 11 is 0. The minimum absolute atomic E-state index is 0.317. The van der Waals surface area contributed by atoms with Gasteiger partial charge in [0.1, 0.15) is 12.4 Å². The number of carboxylic acids is 1. The van der Waals surface area contributed by atoms with Crippen LogP contribution < -0.4 is 5.32 Å². The molecule has 1 heterocycles. The van der Waals surface area contributed by atoms with Crippen molar-refractivity contribution in [3.63, 3.8) is 0 Å². The average molecular weight is 303 g/mol. The van der Waals surface area contributed by atoms with Crippen LogP contribution in [0.1, 0.15) is 36.5 Å². The van der Waals surface area contributed by atoms with E-state index in [4.69, 9.17) is 0 Å². The first-order valence-corrected chi connectivity index (χ1v) is 6.99. The number of amides is 1. The molecule has 1 aromatic heterocycles. The average Bonchev–Trinajstić information content (AvgIpc) is 3.05. The van der Waals surface area contributed by atoms with Gasteiger partial charge in [0.2, 0.25) is 0 Å². The van der Waals surface area contributed by atoms with Crippen LogP contribution in [0, 0.1) is 0 Å². The number of carbonyl (C=O) groups is 2. The van der Waals surface area contributed by atoms with E-state index in [9.17, 15) is 14.7 Å². The van der Waals surface area contributed by atoms with E-state index in [1.54, 1.807) is 24.3 Å². The maximum Gasteiger partial charge on any atom is 0.326 e. The highest BCUT2D eigenvalue weighted by molar-refractivity contribution is 5.99. The van der Waals surface area contributed by atoms with Crippen LogP contribution in [-0.2, 0) is 4.79 Å². The van der Waals surface area contributed by atoms with E-state index in [1.165, 1.54) is 11.0 Å². The Morgan fingerprint density at radius 1 is 1.36 bits per heavy atom. The largest absolute Gasteiger partial charge is 0.480 e. The van der Waals surface area contributed by atoms with E-state index in [0.717, 1.165) is 12.8 Å². The van der Waals surface area contributed by atoms with Gasteiger partial charge in [-0.05, 0) is 29.0 Å². The molecule has 2 N–H and O–H groups in total. The zero-order valence-corrected chi connectivity index (χ0v) is 12.1. The topological polar surface area (TPSA) is 110 Å². The first-order valence-electron chi connectivity index (χ1n) is 6.99. The molecule has 0 fully saturated rings. The molecule has 22 heavy (non-hydrogen) atoms. The lowest BCUT2D eigenvalue weighted by atomic mass is 10.1. The van der Waals surface area contributed by atoms with Gasteiger partial charge >= 0.3 is 5.97 Å². The first-order chi connectivity index (χ1) is 10.6. The third-order valence-electron chi connectivity index (χ3n) is 3.19. The molecule has 116 valence electrons. The molecule has 1 amide bonds. The van der Waals surface area contributed by atoms with Gasteiger partial charge < -0.3 is 10.4 Å². The van der Waals surface area contributed by atoms with Crippen LogP contribution in [0.25, 0.3) is 5.69 Å². The number of unbranched alkanes of at least 4 members (excludes halogenated alkanes) is 1. The molecule has 1 aromatic carbocycles. The van der Waals surface area contributed by atoms with Gasteiger partial charge in [-0.2, -0.15) is 4.68 Å². The Hall–Kier alpha value is -2.77. The summed E-state index contributed by atoms with van der Waals surface area (Å²) in [5, 5.41) is 22.6. The summed E-state index contributed by atoms with van der Waals surface area (Å²) in [6.45, 7) is 1.97. The molecule has 2 aromatic rings. The Morgan fingerprint density at radius 3 is 2.77 bits per heavy atom. The fourth-order valence-electron chi connectivity index (χ4n) is 2.04. The zero-order valence-electron chi connectivity index (χ0n) is 12.1. The molecule has 1 atom stereocenters. The molecule has 0 aliphatic rings. The number of hydrogen-bond acceptors (Lipinski definition) is 5. The number of tetrazole rings is 1. The van der Waals surface area contributed by atoms with Gasteiger partial charge in [-0.15, -0.1) is 5.10 Å². The monoisotopic (exact) mass is 303 g/mol. The van der Waals surface area contributed by atoms with Crippen LogP contribution in [0.4, 0.5) is 0 Å². The quantitative estimate of drug-likeness (QED) is 0.790. The second-order valence-corrected chi connectivity index (χ2v) is 4.78. The lowest BCUT2D eigenvalue weighted by Crippen LogP contribution is -2.41. The third kappa shape index (κ3) is 3.66. The highest BCUT2D eigenvalue weighted by Crippen LogP contribution is 2.13. The second-order valence-electron chi connectivity index (χ2n) is 4.78. The van der Waals surface area contributed by atoms with E-state index < -0.39 is 17.9 Å². The summed E-state index contributed by atoms with van der Waals surface area (Å²) in [7, 11) is 0. The lowest BCUT2D eigenvalue weighted by Gasteiger charge is -2.15. The van der Waals surface area contributed by atoms with Gasteiger partial charge in [-0.1, -0.05) is 31.9 Å². The number of para-hydroxylation sites is 1. The van der Waals surface area contributed by atoms with Crippen molar-refractivity contribution < 1.29 is 14.7 Å². The molecule has 2 rings (SSSR count). The van der Waals surface area contributed by atoms with Crippen LogP contribution in [0.5, 0.6) is 0 Å². The van der Waals surface area contributed by atoms with Crippen LogP contribution in [0.3, 0.4) is 0 Å². The molecular formula is C14H17N5O3. The van der Waals surface area contributed by atoms with E-state index in [-0.39, 0.29) is 0 Å². The molecule has 0 unspecified atom stereocenters. The fraction of sp³-hybridized carbons (Fsp3) is 0.357. The van der Waals surface area contributed by atoms with Gasteiger partial charge in [0.15, 0.2) is 0 Å². The number of nitrogens with zero attached hydrogens (tertiary/aromatic N) is 4. The summed E-state index contributed by atoms with van der Waals surface area (Å²) in [5.74, 6) is -1.50. The van der Waals surface area contributed by atoms with Crippen LogP contribution in [0.15, 0.2) is 30.6 Å². The van der Waals surface area contributed by atoms with Crippen molar-refractivity contribution in [2.24, 2.45) is 0 Å². The SMILES string of the molecule is CCCC[C@H](NC(=O)c1ccccc1-n1cnnn1)C(=O)O. The summed E-state index contributed by atoms with van der Waals surface area (Å²) in [6.07, 6.45) is 3.36. The number of hydrogen-bond donors (Lipinski definition) is 2. The number of aliphatic carboxylic acids is 1. The molecule has 0 bridgehead atoms. The van der Waals surface area contributed by atoms with E-state index >= 15 is 0 Å². The van der Waals surface area contributed by atoms with Crippen molar-refractivity contribution >= 4 is 11.9 Å². The maximum atomic E-state index is 12.4. The zero-order chi connectivity index (χ0) is 15.9. The Morgan fingerprint density at radius 2 is 2.14 bits per heavy atom. The van der Waals surface area contributed by atoms with E-state index in [1.807, 2.05) is 6.92 Å². The summed E-state index contributed by atoms with van der Waals surface area (Å²) in [5.41, 5.74) is 0.808. The Balaban J connectivity index is 2.21. The number of benzene rings is 1. The lowest BCUT2D eigenvalue weighted by molar-refractivity contribution is -0.139. The Labute approximate surface area is 127 Å². The van der Waals surface area contributed by atoms with Crippen molar-refractivity contribution in [1.82, 2.24) is 25.5 Å². The molecule has 0 aliphatic carbocycles. The molecule has 0 saturated heterocycles. The minimum atomic E-state index is -1.04. The summed E-state index contributed by atoms with van der Waals surface area (Å²) in [4.78, 5) is 23.6. The fourth-order valence-corrected chi connectivity index (χ4v) is 2.04.